The summed E-state index contributed by atoms with van der Waals surface area (Å²) in [5, 5.41) is 0.744. The van der Waals surface area contributed by atoms with Crippen LogP contribution < -0.4 is 5.73 Å². The summed E-state index contributed by atoms with van der Waals surface area (Å²) in [6.07, 6.45) is 2.59. The molecule has 1 aliphatic carbocycles. The molecule has 16 heavy (non-hydrogen) atoms. The Kier molecular flexibility index (Phi) is 3.90. The molecule has 0 radical (unpaired) electrons. The van der Waals surface area contributed by atoms with Gasteiger partial charge >= 0.3 is 0 Å². The fourth-order valence-electron chi connectivity index (χ4n) is 1.99. The zero-order valence-electron chi connectivity index (χ0n) is 9.29. The van der Waals surface area contributed by atoms with Gasteiger partial charge < -0.3 is 5.73 Å². The maximum absolute atomic E-state index is 5.99. The molecular formula is C12H16BrClN2. The summed E-state index contributed by atoms with van der Waals surface area (Å²) in [6, 6.07) is 7.05. The van der Waals surface area contributed by atoms with E-state index in [1.54, 1.807) is 0 Å². The fourth-order valence-corrected chi connectivity index (χ4v) is 2.51. The first-order valence-electron chi connectivity index (χ1n) is 5.50. The standard InChI is InChI=1S/C12H16BrClN2/c1-16(9-3-4-9)12(7-15)8-2-5-11(14)10(13)6-8/h2,5-6,9,12H,3-4,7,15H2,1H3. The molecule has 2 N–H and O–H groups in total. The summed E-state index contributed by atoms with van der Waals surface area (Å²) in [5.41, 5.74) is 7.10. The van der Waals surface area contributed by atoms with Gasteiger partial charge in [0.25, 0.3) is 0 Å². The summed E-state index contributed by atoms with van der Waals surface area (Å²) in [5.74, 6) is 0. The molecule has 4 heteroatoms. The number of nitrogens with zero attached hydrogens (tertiary/aromatic N) is 1. The average molecular weight is 304 g/mol. The van der Waals surface area contributed by atoms with Crippen molar-refractivity contribution >= 4 is 27.5 Å². The number of rotatable bonds is 4. The number of hydrogen-bond donors (Lipinski definition) is 1. The number of benzene rings is 1. The summed E-state index contributed by atoms with van der Waals surface area (Å²) < 4.78 is 0.939. The van der Waals surface area contributed by atoms with Gasteiger partial charge in [0.1, 0.15) is 0 Å². The molecule has 1 aromatic rings. The molecule has 0 amide bonds. The fraction of sp³-hybridized carbons (Fsp3) is 0.500. The van der Waals surface area contributed by atoms with Crippen molar-refractivity contribution in [1.29, 1.82) is 0 Å². The van der Waals surface area contributed by atoms with E-state index >= 15 is 0 Å². The van der Waals surface area contributed by atoms with Crippen LogP contribution in [-0.4, -0.2) is 24.5 Å². The highest BCUT2D eigenvalue weighted by molar-refractivity contribution is 9.10. The zero-order chi connectivity index (χ0) is 11.7. The Bertz CT molecular complexity index is 379. The lowest BCUT2D eigenvalue weighted by molar-refractivity contribution is 0.240. The lowest BCUT2D eigenvalue weighted by Crippen LogP contribution is -2.32. The van der Waals surface area contributed by atoms with E-state index in [1.807, 2.05) is 6.07 Å². The summed E-state index contributed by atoms with van der Waals surface area (Å²) in [4.78, 5) is 2.37. The third kappa shape index (κ3) is 2.59. The molecule has 1 fully saturated rings. The number of likely N-dealkylation sites (N-methyl/N-ethyl adjacent to an activating group) is 1. The third-order valence-corrected chi connectivity index (χ3v) is 4.38. The van der Waals surface area contributed by atoms with Crippen LogP contribution in [0.15, 0.2) is 22.7 Å². The third-order valence-electron chi connectivity index (χ3n) is 3.17. The predicted molar refractivity (Wildman–Crippen MR) is 71.7 cm³/mol. The molecular weight excluding hydrogens is 288 g/mol. The Morgan fingerprint density at radius 3 is 2.75 bits per heavy atom. The second kappa shape index (κ2) is 5.05. The highest BCUT2D eigenvalue weighted by Crippen LogP contribution is 2.34. The molecule has 0 aliphatic heterocycles. The highest BCUT2D eigenvalue weighted by Gasteiger charge is 2.31. The van der Waals surface area contributed by atoms with Crippen LogP contribution in [0, 0.1) is 0 Å². The molecule has 1 unspecified atom stereocenters. The molecule has 0 spiro atoms. The van der Waals surface area contributed by atoms with Crippen molar-refractivity contribution in [2.75, 3.05) is 13.6 Å². The smallest absolute Gasteiger partial charge is 0.0548 e. The summed E-state index contributed by atoms with van der Waals surface area (Å²) in [6.45, 7) is 0.640. The first kappa shape index (κ1) is 12.4. The van der Waals surface area contributed by atoms with Crippen molar-refractivity contribution in [3.8, 4) is 0 Å². The van der Waals surface area contributed by atoms with Crippen LogP contribution in [0.25, 0.3) is 0 Å². The van der Waals surface area contributed by atoms with Crippen molar-refractivity contribution in [3.05, 3.63) is 33.3 Å². The quantitative estimate of drug-likeness (QED) is 0.925. The maximum Gasteiger partial charge on any atom is 0.0548 e. The summed E-state index contributed by atoms with van der Waals surface area (Å²) >= 11 is 9.45. The van der Waals surface area contributed by atoms with Gasteiger partial charge in [-0.2, -0.15) is 0 Å². The van der Waals surface area contributed by atoms with Crippen molar-refractivity contribution in [1.82, 2.24) is 4.90 Å². The van der Waals surface area contributed by atoms with Crippen LogP contribution in [0.4, 0.5) is 0 Å². The van der Waals surface area contributed by atoms with E-state index in [9.17, 15) is 0 Å². The van der Waals surface area contributed by atoms with Crippen LogP contribution in [0.5, 0.6) is 0 Å². The Balaban J connectivity index is 2.21. The normalized spacial score (nSPS) is 17.8. The van der Waals surface area contributed by atoms with E-state index in [0.717, 1.165) is 9.50 Å². The Hall–Kier alpha value is -0.0900. The maximum atomic E-state index is 5.99. The summed E-state index contributed by atoms with van der Waals surface area (Å²) in [7, 11) is 2.15. The minimum Gasteiger partial charge on any atom is -0.329 e. The molecule has 0 saturated heterocycles. The monoisotopic (exact) mass is 302 g/mol. The number of halogens is 2. The molecule has 1 saturated carbocycles. The second-order valence-corrected chi connectivity index (χ2v) is 5.58. The molecule has 1 atom stereocenters. The molecule has 1 aliphatic rings. The van der Waals surface area contributed by atoms with Gasteiger partial charge in [-0.3, -0.25) is 4.90 Å². The van der Waals surface area contributed by atoms with Crippen LogP contribution in [0.2, 0.25) is 5.02 Å². The van der Waals surface area contributed by atoms with E-state index in [1.165, 1.54) is 18.4 Å². The highest BCUT2D eigenvalue weighted by atomic mass is 79.9. The lowest BCUT2D eigenvalue weighted by atomic mass is 10.1. The van der Waals surface area contributed by atoms with Gasteiger partial charge in [0, 0.05) is 23.1 Å². The Morgan fingerprint density at radius 1 is 1.56 bits per heavy atom. The van der Waals surface area contributed by atoms with Gasteiger partial charge in [-0.15, -0.1) is 0 Å². The van der Waals surface area contributed by atoms with Gasteiger partial charge in [-0.1, -0.05) is 17.7 Å². The van der Waals surface area contributed by atoms with E-state index in [-0.39, 0.29) is 0 Å². The molecule has 88 valence electrons. The van der Waals surface area contributed by atoms with E-state index < -0.39 is 0 Å². The van der Waals surface area contributed by atoms with Crippen LogP contribution in [0.3, 0.4) is 0 Å². The molecule has 0 aromatic heterocycles. The Morgan fingerprint density at radius 2 is 2.25 bits per heavy atom. The average Bonchev–Trinajstić information content (AvgIpc) is 3.07. The first-order chi connectivity index (χ1) is 7.63. The van der Waals surface area contributed by atoms with Crippen molar-refractivity contribution in [2.24, 2.45) is 5.73 Å². The molecule has 0 bridgehead atoms. The molecule has 2 nitrogen and oxygen atoms in total. The second-order valence-electron chi connectivity index (χ2n) is 4.32. The van der Waals surface area contributed by atoms with Crippen LogP contribution >= 0.6 is 27.5 Å². The van der Waals surface area contributed by atoms with E-state index in [4.69, 9.17) is 17.3 Å². The molecule has 2 rings (SSSR count). The van der Waals surface area contributed by atoms with Crippen LogP contribution in [-0.2, 0) is 0 Å². The predicted octanol–water partition coefficient (Wildman–Crippen LogP) is 3.20. The van der Waals surface area contributed by atoms with Gasteiger partial charge in [-0.05, 0) is 53.5 Å². The minimum atomic E-state index is 0.293. The topological polar surface area (TPSA) is 29.3 Å². The van der Waals surface area contributed by atoms with Crippen molar-refractivity contribution < 1.29 is 0 Å². The van der Waals surface area contributed by atoms with Crippen molar-refractivity contribution in [2.45, 2.75) is 24.9 Å². The first-order valence-corrected chi connectivity index (χ1v) is 6.67. The zero-order valence-corrected chi connectivity index (χ0v) is 11.6. The molecule has 1 aromatic carbocycles. The van der Waals surface area contributed by atoms with Gasteiger partial charge in [-0.25, -0.2) is 0 Å². The van der Waals surface area contributed by atoms with Gasteiger partial charge in [0.2, 0.25) is 0 Å². The van der Waals surface area contributed by atoms with Gasteiger partial charge in [0.05, 0.1) is 5.02 Å². The van der Waals surface area contributed by atoms with Gasteiger partial charge in [0.15, 0.2) is 0 Å². The number of hydrogen-bond acceptors (Lipinski definition) is 2. The van der Waals surface area contributed by atoms with Crippen LogP contribution in [0.1, 0.15) is 24.4 Å². The Labute approximate surface area is 110 Å². The largest absolute Gasteiger partial charge is 0.329 e. The van der Waals surface area contributed by atoms with Crippen molar-refractivity contribution in [3.63, 3.8) is 0 Å². The SMILES string of the molecule is CN(C1CC1)C(CN)c1ccc(Cl)c(Br)c1. The van der Waals surface area contributed by atoms with E-state index in [2.05, 4.69) is 40.0 Å². The molecule has 0 heterocycles. The minimum absolute atomic E-state index is 0.293. The number of nitrogens with two attached hydrogens (primary N) is 1. The lowest BCUT2D eigenvalue weighted by Gasteiger charge is -2.27. The van der Waals surface area contributed by atoms with E-state index in [0.29, 0.717) is 18.6 Å².